The average molecular weight is 399 g/mol. The number of allylic oxidation sites excluding steroid dienone is 1. The number of phenolic OH excluding ortho intramolecular Hbond substituents is 1. The van der Waals surface area contributed by atoms with Crippen molar-refractivity contribution in [1.82, 2.24) is 4.90 Å². The van der Waals surface area contributed by atoms with E-state index >= 15 is 0 Å². The lowest BCUT2D eigenvalue weighted by Crippen LogP contribution is -2.45. The van der Waals surface area contributed by atoms with E-state index in [0.29, 0.717) is 24.9 Å². The van der Waals surface area contributed by atoms with Gasteiger partial charge in [0.25, 0.3) is 0 Å². The van der Waals surface area contributed by atoms with Gasteiger partial charge in [0, 0.05) is 14.2 Å². The van der Waals surface area contributed by atoms with Crippen molar-refractivity contribution in [2.24, 2.45) is 17.8 Å². The highest BCUT2D eigenvalue weighted by Gasteiger charge is 2.57. The molecule has 7 nitrogen and oxygen atoms in total. The summed E-state index contributed by atoms with van der Waals surface area (Å²) in [5.74, 6) is -1.30. The van der Waals surface area contributed by atoms with E-state index in [1.54, 1.807) is 7.11 Å². The first kappa shape index (κ1) is 20.1. The van der Waals surface area contributed by atoms with Crippen molar-refractivity contribution in [3.05, 3.63) is 39.9 Å². The van der Waals surface area contributed by atoms with Crippen LogP contribution in [-0.2, 0) is 19.0 Å². The van der Waals surface area contributed by atoms with Gasteiger partial charge in [-0.2, -0.15) is 0 Å². The number of aromatic hydroxyl groups is 1. The molecule has 154 valence electrons. The molecule has 0 saturated carbocycles. The standard InChI is InChI=1S/C21H26BNO6/c1-10-5-12(6-11(2)19(10)24)16-8-14-17-15(20(25)23(3)21(17)26)7-13(9-28-4)18(14)22(27)29-16/h5-6,14-17,24,27H,7-9H2,1-4H3/t14-,15-,16-,17+/m0/s1. The van der Waals surface area contributed by atoms with Crippen LogP contribution in [-0.4, -0.2) is 54.7 Å². The number of carbonyl (C=O) groups is 2. The van der Waals surface area contributed by atoms with Crippen molar-refractivity contribution < 1.29 is 29.1 Å². The topological polar surface area (TPSA) is 96.3 Å². The number of nitrogens with zero attached hydrogens (tertiary/aromatic N) is 1. The number of hydrogen-bond acceptors (Lipinski definition) is 6. The summed E-state index contributed by atoms with van der Waals surface area (Å²) in [5.41, 5.74) is 3.84. The second-order valence-electron chi connectivity index (χ2n) is 8.39. The molecule has 1 aliphatic carbocycles. The molecule has 2 amide bonds. The Hall–Kier alpha value is -2.16. The van der Waals surface area contributed by atoms with Crippen LogP contribution in [0.2, 0.25) is 0 Å². The van der Waals surface area contributed by atoms with Gasteiger partial charge < -0.3 is 19.5 Å². The molecule has 2 fully saturated rings. The monoisotopic (exact) mass is 399 g/mol. The van der Waals surface area contributed by atoms with E-state index in [4.69, 9.17) is 9.39 Å². The number of imide groups is 1. The number of phenols is 1. The van der Waals surface area contributed by atoms with E-state index in [1.165, 1.54) is 11.9 Å². The molecule has 4 rings (SSSR count). The lowest BCUT2D eigenvalue weighted by Gasteiger charge is -2.42. The Morgan fingerprint density at radius 2 is 1.86 bits per heavy atom. The van der Waals surface area contributed by atoms with Gasteiger partial charge in [0.1, 0.15) is 5.75 Å². The van der Waals surface area contributed by atoms with Crippen LogP contribution in [0.3, 0.4) is 0 Å². The molecular formula is C21H26BNO6. The Morgan fingerprint density at radius 1 is 1.21 bits per heavy atom. The second-order valence-corrected chi connectivity index (χ2v) is 8.39. The predicted molar refractivity (Wildman–Crippen MR) is 106 cm³/mol. The summed E-state index contributed by atoms with van der Waals surface area (Å²) >= 11 is 0. The maximum atomic E-state index is 12.9. The molecule has 0 unspecified atom stereocenters. The minimum Gasteiger partial charge on any atom is -0.507 e. The molecule has 2 saturated heterocycles. The molecule has 1 aromatic rings. The molecular weight excluding hydrogens is 373 g/mol. The molecule has 1 aromatic carbocycles. The van der Waals surface area contributed by atoms with Crippen molar-refractivity contribution in [2.45, 2.75) is 32.8 Å². The molecule has 2 heterocycles. The first-order valence-corrected chi connectivity index (χ1v) is 9.90. The molecule has 0 aromatic heterocycles. The molecule has 0 spiro atoms. The summed E-state index contributed by atoms with van der Waals surface area (Å²) in [6.45, 7) is 3.93. The van der Waals surface area contributed by atoms with Crippen LogP contribution >= 0.6 is 0 Å². The van der Waals surface area contributed by atoms with E-state index in [1.807, 2.05) is 26.0 Å². The Morgan fingerprint density at radius 3 is 2.48 bits per heavy atom. The van der Waals surface area contributed by atoms with Crippen molar-refractivity contribution in [3.8, 4) is 5.75 Å². The quantitative estimate of drug-likeness (QED) is 0.593. The third kappa shape index (κ3) is 3.10. The summed E-state index contributed by atoms with van der Waals surface area (Å²) in [6, 6.07) is 3.69. The Balaban J connectivity index is 1.76. The number of methoxy groups -OCH3 is 1. The fourth-order valence-corrected chi connectivity index (χ4v) is 5.27. The van der Waals surface area contributed by atoms with Crippen LogP contribution in [0.25, 0.3) is 0 Å². The fraction of sp³-hybridized carbons (Fsp3) is 0.524. The summed E-state index contributed by atoms with van der Waals surface area (Å²) in [4.78, 5) is 26.7. The van der Waals surface area contributed by atoms with Gasteiger partial charge in [-0.05, 0) is 72.5 Å². The largest absolute Gasteiger partial charge is 0.507 e. The van der Waals surface area contributed by atoms with E-state index in [9.17, 15) is 19.7 Å². The number of ether oxygens (including phenoxy) is 1. The number of likely N-dealkylation sites (tertiary alicyclic amines) is 1. The molecule has 8 heteroatoms. The van der Waals surface area contributed by atoms with Crippen molar-refractivity contribution >= 4 is 18.9 Å². The molecule has 3 aliphatic rings. The van der Waals surface area contributed by atoms with Crippen molar-refractivity contribution in [1.29, 1.82) is 0 Å². The Bertz CT molecular complexity index is 889. The number of fused-ring (bicyclic) bond motifs is 3. The number of aryl methyl sites for hydroxylation is 2. The highest BCUT2D eigenvalue weighted by atomic mass is 16.5. The number of rotatable bonds is 3. The number of benzene rings is 1. The van der Waals surface area contributed by atoms with Crippen LogP contribution in [0.4, 0.5) is 0 Å². The van der Waals surface area contributed by atoms with Gasteiger partial charge in [-0.3, -0.25) is 14.5 Å². The normalized spacial score (nSPS) is 29.4. The molecule has 29 heavy (non-hydrogen) atoms. The van der Waals surface area contributed by atoms with Gasteiger partial charge in [-0.25, -0.2) is 0 Å². The number of hydrogen-bond donors (Lipinski definition) is 2. The maximum Gasteiger partial charge on any atom is 0.487 e. The average Bonchev–Trinajstić information content (AvgIpc) is 2.89. The molecule has 2 N–H and O–H groups in total. The lowest BCUT2D eigenvalue weighted by atomic mass is 9.55. The highest BCUT2D eigenvalue weighted by Crippen LogP contribution is 2.51. The molecule has 4 atom stereocenters. The smallest absolute Gasteiger partial charge is 0.487 e. The van der Waals surface area contributed by atoms with Crippen LogP contribution in [0, 0.1) is 31.6 Å². The number of carbonyl (C=O) groups excluding carboxylic acids is 2. The summed E-state index contributed by atoms with van der Waals surface area (Å²) in [6.07, 6.45) is 0.451. The third-order valence-electron chi connectivity index (χ3n) is 6.64. The summed E-state index contributed by atoms with van der Waals surface area (Å²) in [5, 5.41) is 20.9. The summed E-state index contributed by atoms with van der Waals surface area (Å²) in [7, 11) is 1.94. The zero-order valence-electron chi connectivity index (χ0n) is 17.1. The van der Waals surface area contributed by atoms with Gasteiger partial charge in [0.15, 0.2) is 0 Å². The van der Waals surface area contributed by atoms with Crippen molar-refractivity contribution in [3.63, 3.8) is 0 Å². The maximum absolute atomic E-state index is 12.9. The number of amides is 2. The Labute approximate surface area is 170 Å². The zero-order valence-corrected chi connectivity index (χ0v) is 17.1. The van der Waals surface area contributed by atoms with Crippen LogP contribution in [0.15, 0.2) is 23.2 Å². The van der Waals surface area contributed by atoms with E-state index in [2.05, 4.69) is 0 Å². The predicted octanol–water partition coefficient (Wildman–Crippen LogP) is 1.68. The fourth-order valence-electron chi connectivity index (χ4n) is 5.27. The minimum atomic E-state index is -1.16. The summed E-state index contributed by atoms with van der Waals surface area (Å²) < 4.78 is 11.3. The zero-order chi connectivity index (χ0) is 21.0. The van der Waals surface area contributed by atoms with Gasteiger partial charge in [-0.15, -0.1) is 0 Å². The third-order valence-corrected chi connectivity index (χ3v) is 6.64. The highest BCUT2D eigenvalue weighted by molar-refractivity contribution is 6.53. The minimum absolute atomic E-state index is 0.165. The van der Waals surface area contributed by atoms with E-state index in [-0.39, 0.29) is 23.5 Å². The Kier molecular flexibility index (Phi) is 5.05. The van der Waals surface area contributed by atoms with Crippen LogP contribution < -0.4 is 0 Å². The van der Waals surface area contributed by atoms with Crippen LogP contribution in [0.1, 0.15) is 35.6 Å². The lowest BCUT2D eigenvalue weighted by molar-refractivity contribution is -0.138. The van der Waals surface area contributed by atoms with Crippen LogP contribution in [0.5, 0.6) is 5.75 Å². The van der Waals surface area contributed by atoms with E-state index in [0.717, 1.165) is 22.3 Å². The molecule has 2 aliphatic heterocycles. The second kappa shape index (κ2) is 7.27. The SMILES string of the molecule is COCC1=C2B(O)O[C@H](c3cc(C)c(O)c(C)c3)C[C@H]2[C@H]2C(=O)N(C)C(=O)[C@H]2C1. The van der Waals surface area contributed by atoms with Gasteiger partial charge in [0.2, 0.25) is 11.8 Å². The van der Waals surface area contributed by atoms with Gasteiger partial charge >= 0.3 is 7.12 Å². The van der Waals surface area contributed by atoms with Gasteiger partial charge in [-0.1, -0.05) is 0 Å². The van der Waals surface area contributed by atoms with Crippen molar-refractivity contribution in [2.75, 3.05) is 20.8 Å². The van der Waals surface area contributed by atoms with Gasteiger partial charge in [0.05, 0.1) is 24.5 Å². The first-order chi connectivity index (χ1) is 13.7. The first-order valence-electron chi connectivity index (χ1n) is 9.90. The van der Waals surface area contributed by atoms with E-state index < -0.39 is 25.1 Å². The molecule has 0 bridgehead atoms. The molecule has 0 radical (unpaired) electrons.